The van der Waals surface area contributed by atoms with E-state index in [0.717, 1.165) is 4.90 Å². The van der Waals surface area contributed by atoms with Gasteiger partial charge in [-0.1, -0.05) is 23.4 Å². The van der Waals surface area contributed by atoms with Crippen LogP contribution >= 0.6 is 23.4 Å². The van der Waals surface area contributed by atoms with Gasteiger partial charge in [0, 0.05) is 9.79 Å². The fraction of sp³-hybridized carbons (Fsp3) is 0.188. The lowest BCUT2D eigenvalue weighted by Crippen LogP contribution is -2.52. The second-order valence-corrected chi connectivity index (χ2v) is 6.82. The molecule has 0 heterocycles. The minimum atomic E-state index is -5.11. The predicted molar refractivity (Wildman–Crippen MR) is 89.0 cm³/mol. The Morgan fingerprint density at radius 2 is 1.68 bits per heavy atom. The van der Waals surface area contributed by atoms with E-state index < -0.39 is 17.7 Å². The lowest BCUT2D eigenvalue weighted by Gasteiger charge is -2.25. The Morgan fingerprint density at radius 3 is 2.20 bits per heavy atom. The summed E-state index contributed by atoms with van der Waals surface area (Å²) in [5.74, 6) is -1.50. The largest absolute Gasteiger partial charge is 0.508 e. The van der Waals surface area contributed by atoms with Crippen LogP contribution in [-0.4, -0.2) is 27.9 Å². The van der Waals surface area contributed by atoms with Gasteiger partial charge in [0.2, 0.25) is 5.60 Å². The minimum absolute atomic E-state index is 0.0232. The first-order valence-corrected chi connectivity index (χ1v) is 8.07. The molecule has 0 aliphatic carbocycles. The van der Waals surface area contributed by atoms with Crippen molar-refractivity contribution in [1.82, 2.24) is 0 Å². The van der Waals surface area contributed by atoms with Gasteiger partial charge in [-0.3, -0.25) is 4.79 Å². The Balaban J connectivity index is 2.14. The highest BCUT2D eigenvalue weighted by atomic mass is 35.5. The van der Waals surface area contributed by atoms with Crippen molar-refractivity contribution >= 4 is 35.0 Å². The second-order valence-electron chi connectivity index (χ2n) is 5.26. The summed E-state index contributed by atoms with van der Waals surface area (Å²) in [5.41, 5.74) is -3.58. The van der Waals surface area contributed by atoms with Gasteiger partial charge in [-0.25, -0.2) is 0 Å². The molecule has 0 unspecified atom stereocenters. The summed E-state index contributed by atoms with van der Waals surface area (Å²) < 4.78 is 38.0. The Labute approximate surface area is 150 Å². The molecule has 0 aliphatic heterocycles. The van der Waals surface area contributed by atoms with Crippen molar-refractivity contribution in [3.05, 3.63) is 47.5 Å². The number of rotatable bonds is 4. The zero-order valence-corrected chi connectivity index (χ0v) is 14.3. The molecule has 0 saturated heterocycles. The summed E-state index contributed by atoms with van der Waals surface area (Å²) in [6, 6.07) is 10.8. The van der Waals surface area contributed by atoms with Crippen LogP contribution in [0.4, 0.5) is 18.9 Å². The van der Waals surface area contributed by atoms with Crippen molar-refractivity contribution in [2.45, 2.75) is 28.5 Å². The average Bonchev–Trinajstić information content (AvgIpc) is 2.51. The Morgan fingerprint density at radius 1 is 1.12 bits per heavy atom. The Kier molecular flexibility index (Phi) is 5.55. The van der Waals surface area contributed by atoms with E-state index in [2.05, 4.69) is 0 Å². The maximum absolute atomic E-state index is 12.7. The predicted octanol–water partition coefficient (Wildman–Crippen LogP) is 4.45. The molecule has 3 N–H and O–H groups in total. The van der Waals surface area contributed by atoms with Crippen LogP contribution in [-0.2, 0) is 4.79 Å². The van der Waals surface area contributed by atoms with Gasteiger partial charge in [0.25, 0.3) is 5.91 Å². The SMILES string of the molecule is C[C@@](O)(C(=O)Nc1ccc(Sc2ccc(O)cc2)cc1Cl)C(F)(F)F. The third-order valence-electron chi connectivity index (χ3n) is 3.26. The highest BCUT2D eigenvalue weighted by Gasteiger charge is 2.55. The van der Waals surface area contributed by atoms with E-state index >= 15 is 0 Å². The van der Waals surface area contributed by atoms with Gasteiger partial charge >= 0.3 is 6.18 Å². The van der Waals surface area contributed by atoms with E-state index in [1.54, 1.807) is 18.2 Å². The number of aromatic hydroxyl groups is 1. The number of amides is 1. The van der Waals surface area contributed by atoms with E-state index in [4.69, 9.17) is 11.6 Å². The van der Waals surface area contributed by atoms with E-state index in [0.29, 0.717) is 11.8 Å². The smallest absolute Gasteiger partial charge is 0.426 e. The third-order valence-corrected chi connectivity index (χ3v) is 4.57. The molecule has 25 heavy (non-hydrogen) atoms. The van der Waals surface area contributed by atoms with Crippen molar-refractivity contribution in [1.29, 1.82) is 0 Å². The number of alkyl halides is 3. The quantitative estimate of drug-likeness (QED) is 0.720. The molecular formula is C16H13ClF3NO3S. The number of hydrogen-bond donors (Lipinski definition) is 3. The second kappa shape index (κ2) is 7.15. The molecule has 0 aromatic heterocycles. The third kappa shape index (κ3) is 4.59. The maximum Gasteiger partial charge on any atom is 0.426 e. The van der Waals surface area contributed by atoms with Gasteiger partial charge in [-0.15, -0.1) is 0 Å². The van der Waals surface area contributed by atoms with E-state index in [1.807, 2.05) is 5.32 Å². The Hall–Kier alpha value is -1.90. The number of aliphatic hydroxyl groups is 1. The molecule has 2 aromatic carbocycles. The van der Waals surface area contributed by atoms with Crippen LogP contribution in [0.15, 0.2) is 52.3 Å². The summed E-state index contributed by atoms with van der Waals surface area (Å²) in [6.45, 7) is 0.366. The molecule has 0 spiro atoms. The molecular weight excluding hydrogens is 379 g/mol. The molecule has 2 rings (SSSR count). The lowest BCUT2D eigenvalue weighted by molar-refractivity contribution is -0.242. The summed E-state index contributed by atoms with van der Waals surface area (Å²) in [7, 11) is 0. The van der Waals surface area contributed by atoms with E-state index in [9.17, 15) is 28.2 Å². The normalized spacial score (nSPS) is 14.0. The topological polar surface area (TPSA) is 69.6 Å². The zero-order valence-electron chi connectivity index (χ0n) is 12.8. The van der Waals surface area contributed by atoms with Crippen LogP contribution in [0.1, 0.15) is 6.92 Å². The number of halogens is 4. The summed E-state index contributed by atoms with van der Waals surface area (Å²) in [6.07, 6.45) is -5.11. The van der Waals surface area contributed by atoms with Crippen molar-refractivity contribution in [3.63, 3.8) is 0 Å². The zero-order chi connectivity index (χ0) is 18.8. The number of carbonyl (C=O) groups excluding carboxylic acids is 1. The first kappa shape index (κ1) is 19.4. The number of phenolic OH excluding ortho intramolecular Hbond substituents is 1. The summed E-state index contributed by atoms with van der Waals surface area (Å²) in [5, 5.41) is 20.6. The molecule has 2 aromatic rings. The van der Waals surface area contributed by atoms with E-state index in [-0.39, 0.29) is 16.5 Å². The van der Waals surface area contributed by atoms with Crippen LogP contribution < -0.4 is 5.32 Å². The van der Waals surface area contributed by atoms with Crippen molar-refractivity contribution in [2.75, 3.05) is 5.32 Å². The molecule has 0 radical (unpaired) electrons. The molecule has 0 bridgehead atoms. The molecule has 134 valence electrons. The molecule has 9 heteroatoms. The van der Waals surface area contributed by atoms with Gasteiger partial charge in [0.05, 0.1) is 10.7 Å². The summed E-state index contributed by atoms with van der Waals surface area (Å²) in [4.78, 5) is 13.2. The van der Waals surface area contributed by atoms with Crippen molar-refractivity contribution in [3.8, 4) is 5.75 Å². The maximum atomic E-state index is 12.7. The number of carbonyl (C=O) groups is 1. The molecule has 0 saturated carbocycles. The molecule has 1 amide bonds. The van der Waals surface area contributed by atoms with Gasteiger partial charge in [-0.2, -0.15) is 13.2 Å². The number of hydrogen-bond acceptors (Lipinski definition) is 4. The van der Waals surface area contributed by atoms with Crippen molar-refractivity contribution in [2.24, 2.45) is 0 Å². The molecule has 4 nitrogen and oxygen atoms in total. The van der Waals surface area contributed by atoms with Crippen LogP contribution in [0.25, 0.3) is 0 Å². The first-order chi connectivity index (χ1) is 11.5. The number of phenols is 1. The molecule has 0 aliphatic rings. The highest BCUT2D eigenvalue weighted by Crippen LogP contribution is 2.35. The number of benzene rings is 2. The standard InChI is InChI=1S/C16H13ClF3NO3S/c1-15(24,16(18,19)20)14(23)21-13-7-6-11(8-12(13)17)25-10-4-2-9(22)3-5-10/h2-8,22,24H,1H3,(H,21,23)/t15-/m1/s1. The molecule has 0 fully saturated rings. The van der Waals surface area contributed by atoms with Gasteiger partial charge in [0.15, 0.2) is 0 Å². The minimum Gasteiger partial charge on any atom is -0.508 e. The van der Waals surface area contributed by atoms with Crippen LogP contribution in [0.5, 0.6) is 5.75 Å². The van der Waals surface area contributed by atoms with Gasteiger partial charge in [0.1, 0.15) is 5.75 Å². The fourth-order valence-corrected chi connectivity index (χ4v) is 2.83. The summed E-state index contributed by atoms with van der Waals surface area (Å²) >= 11 is 7.31. The van der Waals surface area contributed by atoms with Crippen LogP contribution in [0.3, 0.4) is 0 Å². The van der Waals surface area contributed by atoms with Crippen LogP contribution in [0.2, 0.25) is 5.02 Å². The average molecular weight is 392 g/mol. The number of nitrogens with one attached hydrogen (secondary N) is 1. The first-order valence-electron chi connectivity index (χ1n) is 6.87. The number of anilines is 1. The lowest BCUT2D eigenvalue weighted by atomic mass is 10.1. The molecule has 1 atom stereocenters. The Bertz CT molecular complexity index is 779. The van der Waals surface area contributed by atoms with Gasteiger partial charge < -0.3 is 15.5 Å². The van der Waals surface area contributed by atoms with Crippen molar-refractivity contribution < 1.29 is 28.2 Å². The van der Waals surface area contributed by atoms with Crippen LogP contribution in [0, 0.1) is 0 Å². The van der Waals surface area contributed by atoms with E-state index in [1.165, 1.54) is 36.0 Å². The monoisotopic (exact) mass is 391 g/mol. The van der Waals surface area contributed by atoms with Gasteiger partial charge in [-0.05, 0) is 49.4 Å². The fourth-order valence-electron chi connectivity index (χ4n) is 1.68. The highest BCUT2D eigenvalue weighted by molar-refractivity contribution is 7.99.